The number of carboxylic acids is 1. The molecule has 17 heavy (non-hydrogen) atoms. The molecule has 0 radical (unpaired) electrons. The van der Waals surface area contributed by atoms with E-state index in [2.05, 4.69) is 10.2 Å². The van der Waals surface area contributed by atoms with Crippen LogP contribution in [-0.2, 0) is 17.6 Å². The van der Waals surface area contributed by atoms with E-state index in [1.165, 1.54) is 0 Å². The third-order valence-electron chi connectivity index (χ3n) is 2.48. The van der Waals surface area contributed by atoms with Gasteiger partial charge >= 0.3 is 5.97 Å². The van der Waals surface area contributed by atoms with Crippen molar-refractivity contribution in [3.63, 3.8) is 0 Å². The van der Waals surface area contributed by atoms with Crippen LogP contribution >= 0.6 is 0 Å². The first kappa shape index (κ1) is 11.3. The molecular weight excluding hydrogens is 218 g/mol. The molecule has 0 saturated heterocycles. The molecule has 0 saturated carbocycles. The van der Waals surface area contributed by atoms with Crippen LogP contribution in [0.3, 0.4) is 0 Å². The molecule has 0 fully saturated rings. The summed E-state index contributed by atoms with van der Waals surface area (Å²) in [7, 11) is 0. The van der Waals surface area contributed by atoms with Crippen molar-refractivity contribution in [1.82, 2.24) is 14.8 Å². The fraction of sp³-hybridized carbons (Fsp3) is 0.250. The van der Waals surface area contributed by atoms with Crippen molar-refractivity contribution >= 4 is 5.97 Å². The summed E-state index contributed by atoms with van der Waals surface area (Å²) in [6.07, 6.45) is 2.44. The minimum atomic E-state index is -0.832. The fourth-order valence-electron chi connectivity index (χ4n) is 1.71. The summed E-state index contributed by atoms with van der Waals surface area (Å²) < 4.78 is 1.87. The van der Waals surface area contributed by atoms with Crippen LogP contribution < -0.4 is 0 Å². The molecule has 0 spiro atoms. The third kappa shape index (κ3) is 2.50. The van der Waals surface area contributed by atoms with Crippen LogP contribution in [0, 0.1) is 0 Å². The number of aryl methyl sites for hydroxylation is 1. The highest BCUT2D eigenvalue weighted by Crippen LogP contribution is 2.13. The first-order valence-corrected chi connectivity index (χ1v) is 5.40. The second-order valence-corrected chi connectivity index (χ2v) is 3.71. The van der Waals surface area contributed by atoms with Crippen LogP contribution in [-0.4, -0.2) is 25.8 Å². The molecular formula is C12H13N3O2. The zero-order chi connectivity index (χ0) is 12.3. The lowest BCUT2D eigenvalue weighted by atomic mass is 10.1. The molecule has 1 heterocycles. The number of rotatable bonds is 4. The highest BCUT2D eigenvalue weighted by molar-refractivity contribution is 5.70. The maximum absolute atomic E-state index is 10.7. The molecule has 0 aliphatic carbocycles. The van der Waals surface area contributed by atoms with Crippen LogP contribution in [0.15, 0.2) is 30.6 Å². The molecule has 5 heteroatoms. The van der Waals surface area contributed by atoms with Crippen molar-refractivity contribution in [2.45, 2.75) is 19.8 Å². The molecule has 1 aromatic carbocycles. The predicted octanol–water partition coefficient (Wildman–Crippen LogP) is 1.46. The smallest absolute Gasteiger partial charge is 0.307 e. The van der Waals surface area contributed by atoms with Gasteiger partial charge in [-0.05, 0) is 17.7 Å². The average molecular weight is 231 g/mol. The van der Waals surface area contributed by atoms with E-state index in [0.717, 1.165) is 23.5 Å². The van der Waals surface area contributed by atoms with E-state index in [1.807, 2.05) is 29.7 Å². The Kier molecular flexibility index (Phi) is 3.18. The summed E-state index contributed by atoms with van der Waals surface area (Å²) in [6, 6.07) is 7.39. The fourth-order valence-corrected chi connectivity index (χ4v) is 1.71. The Bertz CT molecular complexity index is 534. The molecule has 0 atom stereocenters. The van der Waals surface area contributed by atoms with Gasteiger partial charge in [-0.1, -0.05) is 19.1 Å². The first-order valence-electron chi connectivity index (χ1n) is 5.40. The van der Waals surface area contributed by atoms with Crippen molar-refractivity contribution in [2.75, 3.05) is 0 Å². The molecule has 0 bridgehead atoms. The van der Waals surface area contributed by atoms with Gasteiger partial charge in [0.1, 0.15) is 12.2 Å². The van der Waals surface area contributed by atoms with Crippen LogP contribution in [0.1, 0.15) is 18.3 Å². The van der Waals surface area contributed by atoms with Crippen LogP contribution in [0.4, 0.5) is 0 Å². The predicted molar refractivity (Wildman–Crippen MR) is 62.1 cm³/mol. The zero-order valence-corrected chi connectivity index (χ0v) is 9.50. The summed E-state index contributed by atoms with van der Waals surface area (Å²) in [5, 5.41) is 16.6. The Morgan fingerprint density at radius 3 is 3.00 bits per heavy atom. The molecule has 0 unspecified atom stereocenters. The maximum atomic E-state index is 10.7. The molecule has 5 nitrogen and oxygen atoms in total. The van der Waals surface area contributed by atoms with Crippen LogP contribution in [0.25, 0.3) is 5.69 Å². The van der Waals surface area contributed by atoms with Gasteiger partial charge in [-0.25, -0.2) is 0 Å². The molecule has 1 N–H and O–H groups in total. The van der Waals surface area contributed by atoms with Crippen LogP contribution in [0.5, 0.6) is 0 Å². The second kappa shape index (κ2) is 4.78. The Labute approximate surface area is 98.7 Å². The van der Waals surface area contributed by atoms with Gasteiger partial charge in [0.25, 0.3) is 0 Å². The van der Waals surface area contributed by atoms with Crippen LogP contribution in [0.2, 0.25) is 0 Å². The van der Waals surface area contributed by atoms with Gasteiger partial charge in [0.2, 0.25) is 0 Å². The van der Waals surface area contributed by atoms with E-state index in [0.29, 0.717) is 0 Å². The van der Waals surface area contributed by atoms with Crippen molar-refractivity contribution in [3.05, 3.63) is 42.0 Å². The minimum absolute atomic E-state index is 0.0252. The van der Waals surface area contributed by atoms with Gasteiger partial charge in [-0.15, -0.1) is 10.2 Å². The molecule has 88 valence electrons. The third-order valence-corrected chi connectivity index (χ3v) is 2.48. The normalized spacial score (nSPS) is 10.4. The molecule has 2 aromatic rings. The average Bonchev–Trinajstić information content (AvgIpc) is 2.76. The van der Waals surface area contributed by atoms with E-state index in [1.54, 1.807) is 12.4 Å². The lowest BCUT2D eigenvalue weighted by Crippen LogP contribution is -2.03. The summed E-state index contributed by atoms with van der Waals surface area (Å²) in [6.45, 7) is 2.00. The van der Waals surface area contributed by atoms with Gasteiger partial charge in [0.15, 0.2) is 0 Å². The number of nitrogens with zero attached hydrogens (tertiary/aromatic N) is 3. The zero-order valence-electron chi connectivity index (χ0n) is 9.50. The summed E-state index contributed by atoms with van der Waals surface area (Å²) in [4.78, 5) is 10.7. The van der Waals surface area contributed by atoms with Crippen molar-refractivity contribution in [2.24, 2.45) is 0 Å². The van der Waals surface area contributed by atoms with E-state index in [9.17, 15) is 4.79 Å². The lowest BCUT2D eigenvalue weighted by molar-refractivity contribution is -0.136. The number of carboxylic acid groups (broad SMARTS) is 1. The molecule has 2 rings (SSSR count). The van der Waals surface area contributed by atoms with Gasteiger partial charge in [0, 0.05) is 12.1 Å². The molecule has 0 amide bonds. The summed E-state index contributed by atoms with van der Waals surface area (Å²) in [5.74, 6) is 0.0269. The number of hydrogen-bond acceptors (Lipinski definition) is 3. The SMILES string of the molecule is CCc1nncn1-c1cccc(CC(=O)O)c1. The molecule has 0 aliphatic rings. The highest BCUT2D eigenvalue weighted by Gasteiger charge is 2.06. The van der Waals surface area contributed by atoms with Gasteiger partial charge in [-0.2, -0.15) is 0 Å². The largest absolute Gasteiger partial charge is 0.481 e. The Morgan fingerprint density at radius 2 is 2.29 bits per heavy atom. The van der Waals surface area contributed by atoms with E-state index < -0.39 is 5.97 Å². The first-order chi connectivity index (χ1) is 8.20. The van der Waals surface area contributed by atoms with E-state index in [4.69, 9.17) is 5.11 Å². The number of carbonyl (C=O) groups is 1. The Hall–Kier alpha value is -2.17. The van der Waals surface area contributed by atoms with E-state index >= 15 is 0 Å². The monoisotopic (exact) mass is 231 g/mol. The maximum Gasteiger partial charge on any atom is 0.307 e. The van der Waals surface area contributed by atoms with Crippen molar-refractivity contribution < 1.29 is 9.90 Å². The standard InChI is InChI=1S/C12H13N3O2/c1-2-11-14-13-8-15(11)10-5-3-4-9(6-10)7-12(16)17/h3-6,8H,2,7H2,1H3,(H,16,17). The summed E-state index contributed by atoms with van der Waals surface area (Å²) in [5.41, 5.74) is 1.66. The number of aromatic nitrogens is 3. The van der Waals surface area contributed by atoms with Crippen molar-refractivity contribution in [1.29, 1.82) is 0 Å². The Morgan fingerprint density at radius 1 is 1.47 bits per heavy atom. The lowest BCUT2D eigenvalue weighted by Gasteiger charge is -2.06. The number of hydrogen-bond donors (Lipinski definition) is 1. The van der Waals surface area contributed by atoms with Gasteiger partial charge in [-0.3, -0.25) is 9.36 Å². The topological polar surface area (TPSA) is 68.0 Å². The van der Waals surface area contributed by atoms with E-state index in [-0.39, 0.29) is 6.42 Å². The van der Waals surface area contributed by atoms with Crippen molar-refractivity contribution in [3.8, 4) is 5.69 Å². The quantitative estimate of drug-likeness (QED) is 0.864. The molecule has 1 aromatic heterocycles. The van der Waals surface area contributed by atoms with Gasteiger partial charge < -0.3 is 5.11 Å². The second-order valence-electron chi connectivity index (χ2n) is 3.71. The summed E-state index contributed by atoms with van der Waals surface area (Å²) >= 11 is 0. The molecule has 0 aliphatic heterocycles. The number of benzene rings is 1. The highest BCUT2D eigenvalue weighted by atomic mass is 16.4. The Balaban J connectivity index is 2.36. The van der Waals surface area contributed by atoms with Gasteiger partial charge in [0.05, 0.1) is 6.42 Å². The minimum Gasteiger partial charge on any atom is -0.481 e. The number of aliphatic carboxylic acids is 1.